The van der Waals surface area contributed by atoms with Gasteiger partial charge in [0.1, 0.15) is 11.3 Å². The van der Waals surface area contributed by atoms with Crippen molar-refractivity contribution in [3.63, 3.8) is 0 Å². The molecule has 2 rings (SSSR count). The number of ether oxygens (including phenoxy) is 1. The van der Waals surface area contributed by atoms with Crippen molar-refractivity contribution in [1.82, 2.24) is 0 Å². The average Bonchev–Trinajstić information content (AvgIpc) is 2.34. The summed E-state index contributed by atoms with van der Waals surface area (Å²) < 4.78 is 5.95. The number of carboxylic acids is 1. The zero-order valence-electron chi connectivity index (χ0n) is 11.0. The molecule has 1 aromatic carbocycles. The van der Waals surface area contributed by atoms with E-state index in [0.717, 1.165) is 24.3 Å². The summed E-state index contributed by atoms with van der Waals surface area (Å²) in [6, 6.07) is 5.26. The zero-order chi connectivity index (χ0) is 13.1. The SMILES string of the molecule is Cc1cccc(C(=O)O)c1OC1CCC(C)CC1. The van der Waals surface area contributed by atoms with Crippen molar-refractivity contribution in [3.05, 3.63) is 29.3 Å². The normalized spacial score (nSPS) is 23.7. The van der Waals surface area contributed by atoms with Gasteiger partial charge in [0.05, 0.1) is 6.10 Å². The molecule has 0 aromatic heterocycles. The van der Waals surface area contributed by atoms with E-state index in [1.807, 2.05) is 13.0 Å². The maximum atomic E-state index is 11.2. The van der Waals surface area contributed by atoms with Gasteiger partial charge in [-0.1, -0.05) is 19.1 Å². The Labute approximate surface area is 108 Å². The van der Waals surface area contributed by atoms with Crippen molar-refractivity contribution in [2.45, 2.75) is 45.6 Å². The molecule has 1 aliphatic carbocycles. The molecule has 0 saturated heterocycles. The molecule has 1 N–H and O–H groups in total. The minimum absolute atomic E-state index is 0.167. The van der Waals surface area contributed by atoms with Gasteiger partial charge in [-0.3, -0.25) is 0 Å². The van der Waals surface area contributed by atoms with Gasteiger partial charge in [-0.2, -0.15) is 0 Å². The summed E-state index contributed by atoms with van der Waals surface area (Å²) in [4.78, 5) is 11.2. The molecule has 18 heavy (non-hydrogen) atoms. The average molecular weight is 248 g/mol. The molecule has 0 heterocycles. The number of aromatic carboxylic acids is 1. The Morgan fingerprint density at radius 3 is 2.56 bits per heavy atom. The zero-order valence-corrected chi connectivity index (χ0v) is 11.0. The van der Waals surface area contributed by atoms with Crippen molar-refractivity contribution in [2.24, 2.45) is 5.92 Å². The van der Waals surface area contributed by atoms with Crippen LogP contribution >= 0.6 is 0 Å². The third-order valence-corrected chi connectivity index (χ3v) is 3.69. The lowest BCUT2D eigenvalue weighted by molar-refractivity contribution is 0.0683. The van der Waals surface area contributed by atoms with E-state index in [1.54, 1.807) is 12.1 Å². The van der Waals surface area contributed by atoms with Gasteiger partial charge in [0.2, 0.25) is 0 Å². The van der Waals surface area contributed by atoms with Gasteiger partial charge < -0.3 is 9.84 Å². The maximum Gasteiger partial charge on any atom is 0.339 e. The fourth-order valence-electron chi connectivity index (χ4n) is 2.49. The molecular weight excluding hydrogens is 228 g/mol. The molecule has 0 bridgehead atoms. The highest BCUT2D eigenvalue weighted by Gasteiger charge is 2.22. The molecule has 3 heteroatoms. The summed E-state index contributed by atoms with van der Waals surface area (Å²) >= 11 is 0. The van der Waals surface area contributed by atoms with Crippen molar-refractivity contribution in [1.29, 1.82) is 0 Å². The minimum Gasteiger partial charge on any atom is -0.489 e. The van der Waals surface area contributed by atoms with Crippen LogP contribution in [0.25, 0.3) is 0 Å². The van der Waals surface area contributed by atoms with E-state index in [9.17, 15) is 9.90 Å². The minimum atomic E-state index is -0.919. The highest BCUT2D eigenvalue weighted by molar-refractivity contribution is 5.91. The number of benzene rings is 1. The third kappa shape index (κ3) is 2.84. The predicted molar refractivity (Wildman–Crippen MR) is 70.2 cm³/mol. The Balaban J connectivity index is 2.15. The van der Waals surface area contributed by atoms with Gasteiger partial charge >= 0.3 is 5.97 Å². The van der Waals surface area contributed by atoms with Crippen LogP contribution < -0.4 is 4.74 Å². The van der Waals surface area contributed by atoms with Crippen LogP contribution in [0.2, 0.25) is 0 Å². The smallest absolute Gasteiger partial charge is 0.339 e. The molecule has 1 aliphatic rings. The fraction of sp³-hybridized carbons (Fsp3) is 0.533. The van der Waals surface area contributed by atoms with Crippen LogP contribution in [0.3, 0.4) is 0 Å². The molecule has 0 radical (unpaired) electrons. The van der Waals surface area contributed by atoms with Crippen LogP contribution in [-0.2, 0) is 0 Å². The highest BCUT2D eigenvalue weighted by Crippen LogP contribution is 2.30. The maximum absolute atomic E-state index is 11.2. The standard InChI is InChI=1S/C15H20O3/c1-10-6-8-12(9-7-10)18-14-11(2)4-3-5-13(14)15(16)17/h3-5,10,12H,6-9H2,1-2H3,(H,16,17). The second kappa shape index (κ2) is 5.42. The molecule has 1 aromatic rings. The molecule has 98 valence electrons. The number of hydrogen-bond acceptors (Lipinski definition) is 2. The molecule has 3 nitrogen and oxygen atoms in total. The summed E-state index contributed by atoms with van der Waals surface area (Å²) in [6.07, 6.45) is 4.54. The van der Waals surface area contributed by atoms with Crippen molar-refractivity contribution >= 4 is 5.97 Å². The molecule has 1 saturated carbocycles. The van der Waals surface area contributed by atoms with E-state index < -0.39 is 5.97 Å². The van der Waals surface area contributed by atoms with E-state index in [2.05, 4.69) is 6.92 Å². The lowest BCUT2D eigenvalue weighted by Gasteiger charge is -2.28. The van der Waals surface area contributed by atoms with Crippen LogP contribution in [0, 0.1) is 12.8 Å². The first-order valence-electron chi connectivity index (χ1n) is 6.57. The van der Waals surface area contributed by atoms with E-state index in [-0.39, 0.29) is 11.7 Å². The van der Waals surface area contributed by atoms with Crippen molar-refractivity contribution < 1.29 is 14.6 Å². The summed E-state index contributed by atoms with van der Waals surface area (Å²) in [5.74, 6) is 0.392. The van der Waals surface area contributed by atoms with Crippen LogP contribution in [0.15, 0.2) is 18.2 Å². The molecule has 1 fully saturated rings. The summed E-state index contributed by atoms with van der Waals surface area (Å²) in [7, 11) is 0. The lowest BCUT2D eigenvalue weighted by atomic mass is 9.89. The Kier molecular flexibility index (Phi) is 3.90. The van der Waals surface area contributed by atoms with Gasteiger partial charge in [0.25, 0.3) is 0 Å². The largest absolute Gasteiger partial charge is 0.489 e. The number of hydrogen-bond donors (Lipinski definition) is 1. The first-order chi connectivity index (χ1) is 8.58. The molecule has 0 aliphatic heterocycles. The number of carboxylic acid groups (broad SMARTS) is 1. The molecule has 0 unspecified atom stereocenters. The van der Waals surface area contributed by atoms with Gasteiger partial charge in [-0.05, 0) is 50.2 Å². The van der Waals surface area contributed by atoms with E-state index in [1.165, 1.54) is 12.8 Å². The van der Waals surface area contributed by atoms with Crippen LogP contribution in [0.4, 0.5) is 0 Å². The van der Waals surface area contributed by atoms with Gasteiger partial charge in [-0.25, -0.2) is 4.79 Å². The summed E-state index contributed by atoms with van der Waals surface area (Å²) in [6.45, 7) is 4.15. The quantitative estimate of drug-likeness (QED) is 0.888. The molecule has 0 spiro atoms. The first kappa shape index (κ1) is 12.9. The van der Waals surface area contributed by atoms with E-state index in [4.69, 9.17) is 4.74 Å². The van der Waals surface area contributed by atoms with E-state index >= 15 is 0 Å². The lowest BCUT2D eigenvalue weighted by Crippen LogP contribution is -2.24. The Morgan fingerprint density at radius 1 is 1.28 bits per heavy atom. The number of carbonyl (C=O) groups is 1. The van der Waals surface area contributed by atoms with E-state index in [0.29, 0.717) is 5.75 Å². The fourth-order valence-corrected chi connectivity index (χ4v) is 2.49. The first-order valence-corrected chi connectivity index (χ1v) is 6.57. The Bertz CT molecular complexity index is 431. The summed E-state index contributed by atoms with van der Waals surface area (Å²) in [5.41, 5.74) is 1.17. The Hall–Kier alpha value is -1.51. The summed E-state index contributed by atoms with van der Waals surface area (Å²) in [5, 5.41) is 9.18. The van der Waals surface area contributed by atoms with Gasteiger partial charge in [-0.15, -0.1) is 0 Å². The van der Waals surface area contributed by atoms with Crippen LogP contribution in [-0.4, -0.2) is 17.2 Å². The van der Waals surface area contributed by atoms with Crippen LogP contribution in [0.1, 0.15) is 48.5 Å². The van der Waals surface area contributed by atoms with Crippen LogP contribution in [0.5, 0.6) is 5.75 Å². The van der Waals surface area contributed by atoms with Gasteiger partial charge in [0.15, 0.2) is 0 Å². The van der Waals surface area contributed by atoms with Crippen molar-refractivity contribution in [2.75, 3.05) is 0 Å². The van der Waals surface area contributed by atoms with Crippen molar-refractivity contribution in [3.8, 4) is 5.75 Å². The molecular formula is C15H20O3. The Morgan fingerprint density at radius 2 is 1.94 bits per heavy atom. The topological polar surface area (TPSA) is 46.5 Å². The predicted octanol–water partition coefficient (Wildman–Crippen LogP) is 3.65. The monoisotopic (exact) mass is 248 g/mol. The third-order valence-electron chi connectivity index (χ3n) is 3.69. The second-order valence-corrected chi connectivity index (χ2v) is 5.26. The molecule has 0 amide bonds. The highest BCUT2D eigenvalue weighted by atomic mass is 16.5. The second-order valence-electron chi connectivity index (χ2n) is 5.26. The van der Waals surface area contributed by atoms with Gasteiger partial charge in [0, 0.05) is 0 Å². The number of rotatable bonds is 3. The number of aryl methyl sites for hydroxylation is 1. The molecule has 0 atom stereocenters. The number of para-hydroxylation sites is 1.